The van der Waals surface area contributed by atoms with Gasteiger partial charge in [-0.1, -0.05) is 74.2 Å². The molecule has 2 aliphatic heterocycles. The number of thioether (sulfide) groups is 2. The number of hydrogen-bond acceptors (Lipinski definition) is 4. The Labute approximate surface area is 284 Å². The van der Waals surface area contributed by atoms with Crippen molar-refractivity contribution in [3.8, 4) is 0 Å². The van der Waals surface area contributed by atoms with E-state index in [0.717, 1.165) is 19.3 Å². The number of anilines is 1. The van der Waals surface area contributed by atoms with Crippen LogP contribution in [0.5, 0.6) is 0 Å². The SMILES string of the molecule is C/C=C\c1c(C)ccc2c1S/C(=C\C=C1/CCCC(/C=C\[NH2+]c3ccc4ccccc4c3SC)=C1[NH+]1C=CC(N(C)C)=C1)N2.CC. The molecule has 0 fully saturated rings. The summed E-state index contributed by atoms with van der Waals surface area (Å²) in [6.45, 7) is 8.28. The van der Waals surface area contributed by atoms with Gasteiger partial charge in [0.05, 0.1) is 27.5 Å². The summed E-state index contributed by atoms with van der Waals surface area (Å²) in [5.41, 5.74) is 10.5. The van der Waals surface area contributed by atoms with Crippen LogP contribution in [0, 0.1) is 6.92 Å². The second-order valence-corrected chi connectivity index (χ2v) is 13.4. The molecule has 3 aromatic carbocycles. The zero-order valence-electron chi connectivity index (χ0n) is 28.3. The molecule has 238 valence electrons. The number of quaternary nitrogens is 2. The van der Waals surface area contributed by atoms with Gasteiger partial charge in [-0.05, 0) is 74.1 Å². The summed E-state index contributed by atoms with van der Waals surface area (Å²) in [7, 11) is 4.23. The summed E-state index contributed by atoms with van der Waals surface area (Å²) in [5.74, 6) is 0. The third-order valence-electron chi connectivity index (χ3n) is 8.42. The Bertz CT molecular complexity index is 1800. The molecule has 1 atom stereocenters. The van der Waals surface area contributed by atoms with Crippen LogP contribution in [0.4, 0.5) is 11.4 Å². The largest absolute Gasteiger partial charge is 0.373 e. The second-order valence-electron chi connectivity index (χ2n) is 11.6. The third-order valence-corrected chi connectivity index (χ3v) is 10.4. The van der Waals surface area contributed by atoms with Crippen LogP contribution < -0.4 is 15.5 Å². The first-order valence-corrected chi connectivity index (χ1v) is 18.4. The van der Waals surface area contributed by atoms with Gasteiger partial charge in [-0.25, -0.2) is 4.90 Å². The number of nitrogens with zero attached hydrogens (tertiary/aromatic N) is 1. The lowest BCUT2D eigenvalue weighted by atomic mass is 9.90. The van der Waals surface area contributed by atoms with Crippen LogP contribution in [0.1, 0.15) is 51.2 Å². The summed E-state index contributed by atoms with van der Waals surface area (Å²) < 4.78 is 0. The van der Waals surface area contributed by atoms with Crippen LogP contribution in [0.25, 0.3) is 16.8 Å². The summed E-state index contributed by atoms with van der Waals surface area (Å²) in [6.07, 6.45) is 25.9. The van der Waals surface area contributed by atoms with Crippen molar-refractivity contribution in [2.24, 2.45) is 0 Å². The highest BCUT2D eigenvalue weighted by Crippen LogP contribution is 2.45. The van der Waals surface area contributed by atoms with Gasteiger partial charge in [0.25, 0.3) is 0 Å². The fourth-order valence-corrected chi connectivity index (χ4v) is 8.04. The molecular formula is C40H48N4S2+2. The fourth-order valence-electron chi connectivity index (χ4n) is 6.18. The van der Waals surface area contributed by atoms with E-state index in [4.69, 9.17) is 0 Å². The Morgan fingerprint density at radius 3 is 2.59 bits per heavy atom. The molecule has 0 aromatic heterocycles. The lowest BCUT2D eigenvalue weighted by Gasteiger charge is -2.22. The standard InChI is InChI=1S/C38H40N4S2.C2H6/c1-6-10-31-26(2)15-18-34-38(31)44-35(40-34)20-17-28-12-9-13-29(36(28)42-24-22-30(25-42)41(3)4)21-23-39-33-19-16-27-11-7-8-14-32(27)37(33)43-5;1-2/h6-8,10-11,14-25,39-40H,9,12-13H2,1-5H3;1-2H3/p+2/b10-6-,23-21-,28-17+,35-20-;. The highest BCUT2D eigenvalue weighted by molar-refractivity contribution is 8.03. The van der Waals surface area contributed by atoms with E-state index in [1.165, 1.54) is 75.5 Å². The predicted molar refractivity (Wildman–Crippen MR) is 202 cm³/mol. The van der Waals surface area contributed by atoms with Gasteiger partial charge in [0, 0.05) is 53.7 Å². The van der Waals surface area contributed by atoms with E-state index in [9.17, 15) is 0 Å². The molecular weight excluding hydrogens is 601 g/mol. The van der Waals surface area contributed by atoms with Crippen LogP contribution in [0.3, 0.4) is 0 Å². The number of hydrogen-bond donors (Lipinski definition) is 3. The minimum atomic E-state index is 1.07. The number of rotatable bonds is 8. The number of benzene rings is 3. The van der Waals surface area contributed by atoms with Crippen molar-refractivity contribution in [1.29, 1.82) is 0 Å². The lowest BCUT2D eigenvalue weighted by Crippen LogP contribution is -3.00. The van der Waals surface area contributed by atoms with E-state index < -0.39 is 0 Å². The van der Waals surface area contributed by atoms with Crippen molar-refractivity contribution in [2.75, 3.05) is 25.7 Å². The number of allylic oxidation sites excluding steroid dienone is 7. The quantitative estimate of drug-likeness (QED) is 0.169. The second kappa shape index (κ2) is 15.7. The molecule has 6 heteroatoms. The maximum absolute atomic E-state index is 3.66. The van der Waals surface area contributed by atoms with E-state index >= 15 is 0 Å². The molecule has 0 saturated heterocycles. The molecule has 4 nitrogen and oxygen atoms in total. The maximum atomic E-state index is 3.66. The summed E-state index contributed by atoms with van der Waals surface area (Å²) in [4.78, 5) is 6.14. The fraction of sp³-hybridized carbons (Fsp3) is 0.250. The topological polar surface area (TPSA) is 36.3 Å². The molecule has 1 aliphatic carbocycles. The Morgan fingerprint density at radius 2 is 1.83 bits per heavy atom. The van der Waals surface area contributed by atoms with E-state index in [1.54, 1.807) is 0 Å². The van der Waals surface area contributed by atoms with Crippen LogP contribution in [-0.4, -0.2) is 25.3 Å². The van der Waals surface area contributed by atoms with E-state index in [2.05, 4.69) is 153 Å². The highest BCUT2D eigenvalue weighted by Gasteiger charge is 2.28. The summed E-state index contributed by atoms with van der Waals surface area (Å²) in [6, 6.07) is 17.6. The number of aryl methyl sites for hydroxylation is 1. The van der Waals surface area contributed by atoms with Crippen molar-refractivity contribution in [2.45, 2.75) is 56.7 Å². The van der Waals surface area contributed by atoms with Gasteiger partial charge >= 0.3 is 0 Å². The van der Waals surface area contributed by atoms with Gasteiger partial charge in [-0.3, -0.25) is 5.32 Å². The van der Waals surface area contributed by atoms with Crippen LogP contribution >= 0.6 is 23.5 Å². The third kappa shape index (κ3) is 7.31. The normalized spacial score (nSPS) is 19.3. The van der Waals surface area contributed by atoms with Crippen molar-refractivity contribution in [1.82, 2.24) is 4.90 Å². The summed E-state index contributed by atoms with van der Waals surface area (Å²) >= 11 is 3.66. The van der Waals surface area contributed by atoms with E-state index in [1.807, 2.05) is 37.4 Å². The van der Waals surface area contributed by atoms with Gasteiger partial charge < -0.3 is 10.2 Å². The van der Waals surface area contributed by atoms with Gasteiger partial charge in [-0.15, -0.1) is 11.8 Å². The summed E-state index contributed by atoms with van der Waals surface area (Å²) in [5, 5.41) is 9.73. The monoisotopic (exact) mass is 648 g/mol. The van der Waals surface area contributed by atoms with Crippen molar-refractivity contribution < 1.29 is 10.2 Å². The lowest BCUT2D eigenvalue weighted by molar-refractivity contribution is -0.741. The van der Waals surface area contributed by atoms with Crippen LogP contribution in [0.15, 0.2) is 135 Å². The van der Waals surface area contributed by atoms with Gasteiger partial charge in [0.2, 0.25) is 0 Å². The molecule has 0 radical (unpaired) electrons. The zero-order chi connectivity index (χ0) is 32.6. The first-order valence-electron chi connectivity index (χ1n) is 16.3. The molecule has 0 saturated carbocycles. The molecule has 46 heavy (non-hydrogen) atoms. The smallest absolute Gasteiger partial charge is 0.148 e. The first kappa shape index (κ1) is 33.7. The van der Waals surface area contributed by atoms with E-state index in [-0.39, 0.29) is 0 Å². The van der Waals surface area contributed by atoms with Gasteiger partial charge in [-0.2, -0.15) is 0 Å². The number of nitrogens with one attached hydrogen (secondary N) is 2. The first-order chi connectivity index (χ1) is 22.5. The van der Waals surface area contributed by atoms with Crippen LogP contribution in [-0.2, 0) is 0 Å². The molecule has 1 unspecified atom stereocenters. The predicted octanol–water partition coefficient (Wildman–Crippen LogP) is 8.88. The molecule has 0 spiro atoms. The molecule has 6 rings (SSSR count). The van der Waals surface area contributed by atoms with Gasteiger partial charge in [0.1, 0.15) is 23.8 Å². The van der Waals surface area contributed by atoms with Gasteiger partial charge in [0.15, 0.2) is 0 Å². The molecule has 3 aliphatic rings. The Kier molecular flexibility index (Phi) is 11.5. The maximum Gasteiger partial charge on any atom is 0.148 e. The number of nitrogens with two attached hydrogens (primary N) is 1. The minimum Gasteiger partial charge on any atom is -0.373 e. The molecule has 4 N–H and O–H groups in total. The van der Waals surface area contributed by atoms with Crippen LogP contribution in [0.2, 0.25) is 0 Å². The average molecular weight is 649 g/mol. The van der Waals surface area contributed by atoms with Crippen molar-refractivity contribution >= 4 is 51.7 Å². The van der Waals surface area contributed by atoms with Crippen molar-refractivity contribution in [3.05, 3.63) is 136 Å². The molecule has 2 heterocycles. The molecule has 3 aromatic rings. The Hall–Kier alpha value is -3.68. The highest BCUT2D eigenvalue weighted by atomic mass is 32.2. The van der Waals surface area contributed by atoms with E-state index in [0.29, 0.717) is 0 Å². The Morgan fingerprint density at radius 1 is 1.00 bits per heavy atom. The molecule has 0 bridgehead atoms. The van der Waals surface area contributed by atoms with Crippen molar-refractivity contribution in [3.63, 3.8) is 0 Å². The average Bonchev–Trinajstić information content (AvgIpc) is 3.74. The minimum absolute atomic E-state index is 1.07. The number of likely N-dealkylation sites (N-methyl/N-ethyl adjacent to an activating group) is 1. The molecule has 0 amide bonds. The number of fused-ring (bicyclic) bond motifs is 2. The Balaban J connectivity index is 0.00000204. The zero-order valence-corrected chi connectivity index (χ0v) is 29.9.